The van der Waals surface area contributed by atoms with Crippen LogP contribution in [0, 0.1) is 11.8 Å². The molecule has 0 aromatic heterocycles. The van der Waals surface area contributed by atoms with Crippen LogP contribution < -0.4 is 5.32 Å². The Bertz CT molecular complexity index is 232. The maximum Gasteiger partial charge on any atom is 0.323 e. The monoisotopic (exact) mass is 225 g/mol. The standard InChI is InChI=1S/C13H23NO2/c1-16-13(15)12(11-6-7-11)14-9-8-10-4-2-3-5-10/h10-12,14H,2-9H2,1H3. The van der Waals surface area contributed by atoms with Crippen molar-refractivity contribution in [3.63, 3.8) is 0 Å². The van der Waals surface area contributed by atoms with Crippen molar-refractivity contribution in [2.45, 2.75) is 51.0 Å². The van der Waals surface area contributed by atoms with Gasteiger partial charge < -0.3 is 10.1 Å². The van der Waals surface area contributed by atoms with Gasteiger partial charge in [0.2, 0.25) is 0 Å². The average molecular weight is 225 g/mol. The molecule has 92 valence electrons. The van der Waals surface area contributed by atoms with E-state index in [0.717, 1.165) is 12.5 Å². The molecule has 0 amide bonds. The van der Waals surface area contributed by atoms with E-state index in [9.17, 15) is 4.79 Å². The summed E-state index contributed by atoms with van der Waals surface area (Å²) in [7, 11) is 1.48. The summed E-state index contributed by atoms with van der Waals surface area (Å²) in [5.41, 5.74) is 0. The lowest BCUT2D eigenvalue weighted by atomic mass is 10.0. The van der Waals surface area contributed by atoms with Gasteiger partial charge in [0.15, 0.2) is 0 Å². The Morgan fingerprint density at radius 1 is 1.31 bits per heavy atom. The van der Waals surface area contributed by atoms with Gasteiger partial charge in [0.1, 0.15) is 6.04 Å². The number of nitrogens with one attached hydrogen (secondary N) is 1. The van der Waals surface area contributed by atoms with E-state index in [4.69, 9.17) is 4.74 Å². The van der Waals surface area contributed by atoms with Crippen LogP contribution in [0.4, 0.5) is 0 Å². The molecule has 1 atom stereocenters. The molecule has 0 heterocycles. The molecule has 2 rings (SSSR count). The highest BCUT2D eigenvalue weighted by Crippen LogP contribution is 2.33. The molecule has 1 unspecified atom stereocenters. The van der Waals surface area contributed by atoms with Gasteiger partial charge in [0.25, 0.3) is 0 Å². The van der Waals surface area contributed by atoms with Crippen molar-refractivity contribution in [2.24, 2.45) is 11.8 Å². The zero-order valence-electron chi connectivity index (χ0n) is 10.2. The molecule has 2 aliphatic rings. The lowest BCUT2D eigenvalue weighted by Gasteiger charge is -2.17. The fraction of sp³-hybridized carbons (Fsp3) is 0.923. The van der Waals surface area contributed by atoms with Gasteiger partial charge in [-0.05, 0) is 37.6 Å². The van der Waals surface area contributed by atoms with Crippen LogP contribution in [0.3, 0.4) is 0 Å². The van der Waals surface area contributed by atoms with E-state index in [0.29, 0.717) is 5.92 Å². The molecule has 0 aromatic rings. The maximum atomic E-state index is 11.5. The first-order valence-corrected chi connectivity index (χ1v) is 6.62. The molecule has 0 radical (unpaired) electrons. The number of carbonyl (C=O) groups is 1. The number of hydrogen-bond donors (Lipinski definition) is 1. The van der Waals surface area contributed by atoms with E-state index in [1.54, 1.807) is 0 Å². The minimum atomic E-state index is -0.0751. The highest BCUT2D eigenvalue weighted by molar-refractivity contribution is 5.76. The van der Waals surface area contributed by atoms with Gasteiger partial charge in [0, 0.05) is 0 Å². The molecule has 3 heteroatoms. The predicted octanol–water partition coefficient (Wildman–Crippen LogP) is 2.11. The van der Waals surface area contributed by atoms with Crippen molar-refractivity contribution in [3.05, 3.63) is 0 Å². The molecule has 16 heavy (non-hydrogen) atoms. The molecule has 3 nitrogen and oxygen atoms in total. The Morgan fingerprint density at radius 2 is 2.00 bits per heavy atom. The van der Waals surface area contributed by atoms with Crippen LogP contribution in [0.2, 0.25) is 0 Å². The number of methoxy groups -OCH3 is 1. The predicted molar refractivity (Wildman–Crippen MR) is 63.1 cm³/mol. The third-order valence-corrected chi connectivity index (χ3v) is 3.94. The Kier molecular flexibility index (Phi) is 4.22. The molecule has 0 bridgehead atoms. The van der Waals surface area contributed by atoms with Crippen LogP contribution in [0.15, 0.2) is 0 Å². The Morgan fingerprint density at radius 3 is 2.56 bits per heavy atom. The molecule has 0 saturated heterocycles. The van der Waals surface area contributed by atoms with Crippen molar-refractivity contribution in [1.82, 2.24) is 5.32 Å². The number of ether oxygens (including phenoxy) is 1. The molecule has 0 spiro atoms. The van der Waals surface area contributed by atoms with Gasteiger partial charge in [-0.3, -0.25) is 4.79 Å². The molecule has 2 aliphatic carbocycles. The van der Waals surface area contributed by atoms with E-state index >= 15 is 0 Å². The summed E-state index contributed by atoms with van der Waals surface area (Å²) >= 11 is 0. The van der Waals surface area contributed by atoms with E-state index in [-0.39, 0.29) is 12.0 Å². The van der Waals surface area contributed by atoms with Crippen LogP contribution in [-0.2, 0) is 9.53 Å². The van der Waals surface area contributed by atoms with Crippen LogP contribution >= 0.6 is 0 Å². The Hall–Kier alpha value is -0.570. The number of rotatable bonds is 6. The second-order valence-corrected chi connectivity index (χ2v) is 5.23. The van der Waals surface area contributed by atoms with Crippen molar-refractivity contribution in [3.8, 4) is 0 Å². The summed E-state index contributed by atoms with van der Waals surface area (Å²) in [5.74, 6) is 1.36. The topological polar surface area (TPSA) is 38.3 Å². The quantitative estimate of drug-likeness (QED) is 0.704. The maximum absolute atomic E-state index is 11.5. The van der Waals surface area contributed by atoms with Crippen molar-refractivity contribution in [2.75, 3.05) is 13.7 Å². The minimum Gasteiger partial charge on any atom is -0.468 e. The lowest BCUT2D eigenvalue weighted by Crippen LogP contribution is -2.40. The van der Waals surface area contributed by atoms with Crippen LogP contribution in [-0.4, -0.2) is 25.7 Å². The zero-order chi connectivity index (χ0) is 11.4. The second kappa shape index (κ2) is 5.67. The van der Waals surface area contributed by atoms with Crippen LogP contribution in [0.25, 0.3) is 0 Å². The highest BCUT2D eigenvalue weighted by atomic mass is 16.5. The van der Waals surface area contributed by atoms with Gasteiger partial charge in [-0.2, -0.15) is 0 Å². The summed E-state index contributed by atoms with van der Waals surface area (Å²) in [6.45, 7) is 0.973. The number of carbonyl (C=O) groups excluding carboxylic acids is 1. The van der Waals surface area contributed by atoms with Gasteiger partial charge in [-0.1, -0.05) is 25.7 Å². The molecule has 2 saturated carbocycles. The number of hydrogen-bond acceptors (Lipinski definition) is 3. The van der Waals surface area contributed by atoms with Crippen LogP contribution in [0.1, 0.15) is 44.9 Å². The van der Waals surface area contributed by atoms with Gasteiger partial charge in [-0.15, -0.1) is 0 Å². The van der Waals surface area contributed by atoms with E-state index < -0.39 is 0 Å². The van der Waals surface area contributed by atoms with Crippen molar-refractivity contribution >= 4 is 5.97 Å². The molecule has 0 aromatic carbocycles. The van der Waals surface area contributed by atoms with Gasteiger partial charge in [0.05, 0.1) is 7.11 Å². The molecular weight excluding hydrogens is 202 g/mol. The Balaban J connectivity index is 1.67. The third-order valence-electron chi connectivity index (χ3n) is 3.94. The number of esters is 1. The largest absolute Gasteiger partial charge is 0.468 e. The second-order valence-electron chi connectivity index (χ2n) is 5.23. The fourth-order valence-electron chi connectivity index (χ4n) is 2.74. The van der Waals surface area contributed by atoms with Crippen molar-refractivity contribution < 1.29 is 9.53 Å². The minimum absolute atomic E-state index is 0.0357. The summed E-state index contributed by atoms with van der Waals surface area (Å²) in [5, 5.41) is 3.38. The summed E-state index contributed by atoms with van der Waals surface area (Å²) in [6, 6.07) is -0.0357. The highest BCUT2D eigenvalue weighted by Gasteiger charge is 2.36. The smallest absolute Gasteiger partial charge is 0.323 e. The lowest BCUT2D eigenvalue weighted by molar-refractivity contribution is -0.143. The normalized spacial score (nSPS) is 23.3. The molecule has 1 N–H and O–H groups in total. The third kappa shape index (κ3) is 3.21. The first-order chi connectivity index (χ1) is 7.81. The van der Waals surface area contributed by atoms with Gasteiger partial charge >= 0.3 is 5.97 Å². The first-order valence-electron chi connectivity index (χ1n) is 6.62. The van der Waals surface area contributed by atoms with E-state index in [1.807, 2.05) is 0 Å². The zero-order valence-corrected chi connectivity index (χ0v) is 10.2. The molecule has 2 fully saturated rings. The first kappa shape index (κ1) is 11.9. The molecular formula is C13H23NO2. The summed E-state index contributed by atoms with van der Waals surface area (Å²) in [6.07, 6.45) is 9.13. The van der Waals surface area contributed by atoms with Crippen molar-refractivity contribution in [1.29, 1.82) is 0 Å². The van der Waals surface area contributed by atoms with E-state index in [1.165, 1.54) is 52.1 Å². The fourth-order valence-corrected chi connectivity index (χ4v) is 2.74. The molecule has 0 aliphatic heterocycles. The van der Waals surface area contributed by atoms with Gasteiger partial charge in [-0.25, -0.2) is 0 Å². The van der Waals surface area contributed by atoms with E-state index in [2.05, 4.69) is 5.32 Å². The average Bonchev–Trinajstić information content (AvgIpc) is 3.00. The Labute approximate surface area is 97.9 Å². The summed E-state index contributed by atoms with van der Waals surface area (Å²) < 4.78 is 4.83. The van der Waals surface area contributed by atoms with Crippen LogP contribution in [0.5, 0.6) is 0 Å². The summed E-state index contributed by atoms with van der Waals surface area (Å²) in [4.78, 5) is 11.5. The SMILES string of the molecule is COC(=O)C(NCCC1CCCC1)C1CC1.